The van der Waals surface area contributed by atoms with E-state index in [-0.39, 0.29) is 48.8 Å². The zero-order valence-corrected chi connectivity index (χ0v) is 38.6. The number of phenols is 1. The van der Waals surface area contributed by atoms with Gasteiger partial charge < -0.3 is 47.1 Å². The van der Waals surface area contributed by atoms with Gasteiger partial charge in [0.1, 0.15) is 48.3 Å². The van der Waals surface area contributed by atoms with Crippen molar-refractivity contribution in [2.45, 2.75) is 103 Å². The molecular weight excluding hydrogens is 841 g/mol. The SMILES string of the molecule is Cc1nc(-c2ccc(C(C)(C)C)cc2)nc(C)c1C(=O)NC(CCN)C(=O)N(C)C1C(=O)NC(C)C(=O)NC(C(=O)NCC#N)Cc2ccc(O)c(c2)-c2cc1ccc2OC1CCNCC1. The van der Waals surface area contributed by atoms with Gasteiger partial charge in [-0.1, -0.05) is 57.2 Å². The average Bonchev–Trinajstić information content (AvgIpc) is 3.28. The number of nitrogens with two attached hydrogens (primary N) is 1. The van der Waals surface area contributed by atoms with Gasteiger partial charge in [-0.15, -0.1) is 0 Å². The lowest BCUT2D eigenvalue weighted by Crippen LogP contribution is -2.56. The molecule has 1 saturated heterocycles. The van der Waals surface area contributed by atoms with Gasteiger partial charge in [0.25, 0.3) is 5.91 Å². The van der Waals surface area contributed by atoms with Crippen LogP contribution in [0.25, 0.3) is 22.5 Å². The molecule has 6 rings (SSSR count). The number of fused-ring (bicyclic) bond motifs is 5. The first-order chi connectivity index (χ1) is 31.4. The molecule has 1 fully saturated rings. The smallest absolute Gasteiger partial charge is 0.255 e. The van der Waals surface area contributed by atoms with Crippen LogP contribution in [0.2, 0.25) is 0 Å². The number of nitrogens with zero attached hydrogens (tertiary/aromatic N) is 4. The molecule has 17 heteroatoms. The number of benzene rings is 3. The second-order valence-corrected chi connectivity index (χ2v) is 17.9. The highest BCUT2D eigenvalue weighted by Gasteiger charge is 2.36. The van der Waals surface area contributed by atoms with E-state index in [4.69, 9.17) is 15.7 Å². The van der Waals surface area contributed by atoms with Crippen LogP contribution in [0.5, 0.6) is 11.5 Å². The highest BCUT2D eigenvalue weighted by atomic mass is 16.5. The van der Waals surface area contributed by atoms with Gasteiger partial charge in [-0.25, -0.2) is 9.97 Å². The first kappa shape index (κ1) is 48.6. The Hall–Kier alpha value is -6.90. The predicted octanol–water partition coefficient (Wildman–Crippen LogP) is 3.39. The molecule has 17 nitrogen and oxygen atoms in total. The number of likely N-dealkylation sites (N-methyl/N-ethyl adjacent to an activating group) is 1. The first-order valence-electron chi connectivity index (χ1n) is 22.2. The molecule has 0 spiro atoms. The number of amides is 5. The number of rotatable bonds is 11. The van der Waals surface area contributed by atoms with Crippen molar-refractivity contribution in [3.8, 4) is 40.1 Å². The van der Waals surface area contributed by atoms with E-state index in [0.29, 0.717) is 45.2 Å². The monoisotopic (exact) mass is 900 g/mol. The van der Waals surface area contributed by atoms with E-state index in [1.807, 2.05) is 30.3 Å². The Balaban J connectivity index is 1.38. The maximum Gasteiger partial charge on any atom is 0.255 e. The molecule has 0 radical (unpaired) electrons. The van der Waals surface area contributed by atoms with Crippen molar-refractivity contribution in [3.63, 3.8) is 0 Å². The van der Waals surface area contributed by atoms with Gasteiger partial charge in [0.15, 0.2) is 5.82 Å². The third-order valence-corrected chi connectivity index (χ3v) is 12.0. The van der Waals surface area contributed by atoms with Crippen molar-refractivity contribution in [1.29, 1.82) is 5.26 Å². The average molecular weight is 901 g/mol. The number of aromatic nitrogens is 2. The van der Waals surface area contributed by atoms with Crippen LogP contribution < -0.4 is 37.1 Å². The number of phenolic OH excluding ortho intramolecular Hbond substituents is 1. The Labute approximate surface area is 385 Å². The molecule has 5 amide bonds. The minimum absolute atomic E-state index is 0.00214. The van der Waals surface area contributed by atoms with E-state index in [1.165, 1.54) is 24.9 Å². The Morgan fingerprint density at radius 1 is 0.970 bits per heavy atom. The standard InChI is InChI=1S/C49H60N10O7/c1-27-41(28(2)55-43(54-27)31-9-12-33(13-10-31)49(4,5)6)46(63)57-37(16-19-50)48(65)59(7)42-32-11-15-40(66-34-17-21-52-22-18-34)36(26-32)35-24-30(8-14-39(35)60)25-38(45(62)53-23-20-51)58-44(61)29(3)56-47(42)64/h8-15,24,26,29,34,37-38,42,52,60H,16-19,21-23,25,50H2,1-7H3,(H,53,62)(H,56,64)(H,57,63)(H,58,61). The summed E-state index contributed by atoms with van der Waals surface area (Å²) in [5.74, 6) is -2.61. The Morgan fingerprint density at radius 2 is 1.65 bits per heavy atom. The second kappa shape index (κ2) is 20.9. The van der Waals surface area contributed by atoms with Gasteiger partial charge in [-0.05, 0) is 106 Å². The van der Waals surface area contributed by atoms with Crippen LogP contribution in [0.4, 0.5) is 0 Å². The zero-order valence-electron chi connectivity index (χ0n) is 38.6. The number of aromatic hydroxyl groups is 1. The maximum absolute atomic E-state index is 14.7. The molecule has 3 aromatic carbocycles. The van der Waals surface area contributed by atoms with Crippen LogP contribution in [0.3, 0.4) is 0 Å². The maximum atomic E-state index is 14.7. The van der Waals surface area contributed by atoms with Crippen molar-refractivity contribution in [3.05, 3.63) is 94.3 Å². The number of aryl methyl sites for hydroxylation is 2. The number of ether oxygens (including phenoxy) is 1. The van der Waals surface area contributed by atoms with Crippen LogP contribution in [0.15, 0.2) is 60.7 Å². The van der Waals surface area contributed by atoms with E-state index >= 15 is 0 Å². The molecule has 2 aliphatic rings. The summed E-state index contributed by atoms with van der Waals surface area (Å²) >= 11 is 0. The Morgan fingerprint density at radius 3 is 2.29 bits per heavy atom. The van der Waals surface area contributed by atoms with Gasteiger partial charge >= 0.3 is 0 Å². The molecule has 4 bridgehead atoms. The number of nitrogens with one attached hydrogen (secondary N) is 5. The fourth-order valence-electron chi connectivity index (χ4n) is 8.27. The van der Waals surface area contributed by atoms with Crippen LogP contribution >= 0.6 is 0 Å². The molecule has 1 aromatic heterocycles. The van der Waals surface area contributed by atoms with E-state index in [1.54, 1.807) is 44.2 Å². The van der Waals surface area contributed by atoms with Crippen LogP contribution in [0, 0.1) is 25.2 Å². The zero-order chi connectivity index (χ0) is 47.9. The van der Waals surface area contributed by atoms with E-state index in [2.05, 4.69) is 57.3 Å². The van der Waals surface area contributed by atoms with Gasteiger partial charge in [0, 0.05) is 30.2 Å². The summed E-state index contributed by atoms with van der Waals surface area (Å²) in [4.78, 5) is 81.0. The topological polar surface area (TPSA) is 254 Å². The fourth-order valence-corrected chi connectivity index (χ4v) is 8.27. The quantitative estimate of drug-likeness (QED) is 0.107. The number of carbonyl (C=O) groups excluding carboxylic acids is 5. The summed E-state index contributed by atoms with van der Waals surface area (Å²) < 4.78 is 6.56. The van der Waals surface area contributed by atoms with Crippen molar-refractivity contribution in [1.82, 2.24) is 41.5 Å². The number of carbonyl (C=O) groups is 5. The molecule has 8 N–H and O–H groups in total. The van der Waals surface area contributed by atoms with Crippen LogP contribution in [-0.2, 0) is 31.0 Å². The number of nitriles is 1. The lowest BCUT2D eigenvalue weighted by atomic mass is 9.86. The van der Waals surface area contributed by atoms with Gasteiger partial charge in [0.2, 0.25) is 23.6 Å². The molecule has 66 heavy (non-hydrogen) atoms. The molecule has 0 saturated carbocycles. The summed E-state index contributed by atoms with van der Waals surface area (Å²) in [6.45, 7) is 12.4. The predicted molar refractivity (Wildman–Crippen MR) is 248 cm³/mol. The second-order valence-electron chi connectivity index (χ2n) is 17.9. The normalized spacial score (nSPS) is 18.4. The number of hydrogen-bond donors (Lipinski definition) is 7. The molecular formula is C49H60N10O7. The third kappa shape index (κ3) is 11.3. The Bertz CT molecular complexity index is 2490. The number of hydrogen-bond acceptors (Lipinski definition) is 12. The van der Waals surface area contributed by atoms with Gasteiger partial charge in [-0.3, -0.25) is 24.0 Å². The summed E-state index contributed by atoms with van der Waals surface area (Å²) in [6.07, 6.45) is 1.27. The number of piperidine rings is 1. The summed E-state index contributed by atoms with van der Waals surface area (Å²) in [5, 5.41) is 34.6. The lowest BCUT2D eigenvalue weighted by molar-refractivity contribution is -0.141. The molecule has 0 aliphatic carbocycles. The third-order valence-electron chi connectivity index (χ3n) is 12.0. The van der Waals surface area contributed by atoms with E-state index < -0.39 is 53.7 Å². The molecule has 3 heterocycles. The van der Waals surface area contributed by atoms with E-state index in [9.17, 15) is 29.1 Å². The van der Waals surface area contributed by atoms with Crippen molar-refractivity contribution in [2.75, 3.05) is 33.2 Å². The lowest BCUT2D eigenvalue weighted by Gasteiger charge is -2.33. The summed E-state index contributed by atoms with van der Waals surface area (Å²) in [5.41, 5.74) is 10.5. The molecule has 4 aromatic rings. The molecule has 2 aliphatic heterocycles. The van der Waals surface area contributed by atoms with Gasteiger partial charge in [0.05, 0.1) is 23.0 Å². The fraction of sp³-hybridized carbons (Fsp3) is 0.429. The van der Waals surface area contributed by atoms with Crippen LogP contribution in [0.1, 0.15) is 91.4 Å². The van der Waals surface area contributed by atoms with Crippen molar-refractivity contribution in [2.24, 2.45) is 5.73 Å². The molecule has 4 atom stereocenters. The first-order valence-corrected chi connectivity index (χ1v) is 22.2. The summed E-state index contributed by atoms with van der Waals surface area (Å²) in [7, 11) is 1.42. The molecule has 348 valence electrons. The van der Waals surface area contributed by atoms with Crippen molar-refractivity contribution >= 4 is 29.5 Å². The van der Waals surface area contributed by atoms with Gasteiger partial charge in [-0.2, -0.15) is 5.26 Å². The Kier molecular flexibility index (Phi) is 15.4. The van der Waals surface area contributed by atoms with Crippen molar-refractivity contribution < 1.29 is 33.8 Å². The largest absolute Gasteiger partial charge is 0.507 e. The summed E-state index contributed by atoms with van der Waals surface area (Å²) in [6, 6.07) is 14.6. The minimum atomic E-state index is -1.41. The minimum Gasteiger partial charge on any atom is -0.507 e. The van der Waals surface area contributed by atoms with Crippen LogP contribution in [-0.4, -0.2) is 107 Å². The highest BCUT2D eigenvalue weighted by molar-refractivity contribution is 6.00. The van der Waals surface area contributed by atoms with E-state index in [0.717, 1.165) is 37.1 Å². The molecule has 4 unspecified atom stereocenters. The highest BCUT2D eigenvalue weighted by Crippen LogP contribution is 2.40.